The van der Waals surface area contributed by atoms with E-state index in [2.05, 4.69) is 28.8 Å². The summed E-state index contributed by atoms with van der Waals surface area (Å²) in [6.07, 6.45) is 3.39. The number of hydrogen-bond donors (Lipinski definition) is 0. The number of aromatic nitrogens is 3. The van der Waals surface area contributed by atoms with Crippen LogP contribution in [0, 0.1) is 24.6 Å². The van der Waals surface area contributed by atoms with Crippen molar-refractivity contribution >= 4 is 27.9 Å². The first-order valence-electron chi connectivity index (χ1n) is 10.4. The number of rotatable bonds is 5. The van der Waals surface area contributed by atoms with Crippen molar-refractivity contribution in [2.24, 2.45) is 11.8 Å². The maximum atomic E-state index is 14.6. The molecule has 2 aromatic heterocycles. The molecular formula is C22H26ClFN4OS. The molecule has 8 heteroatoms. The van der Waals surface area contributed by atoms with Crippen LogP contribution in [0.1, 0.15) is 49.4 Å². The monoisotopic (exact) mass is 448 g/mol. The SMILES string of the molecule is Cc1nn2c(=O)cc(CN(Cc3c(F)cccc3Cl)[C@@H]3CCC[C@H](C)[C@H]3C)nc2s1. The third-order valence-corrected chi connectivity index (χ3v) is 7.50. The summed E-state index contributed by atoms with van der Waals surface area (Å²) < 4.78 is 15.9. The van der Waals surface area contributed by atoms with Gasteiger partial charge >= 0.3 is 0 Å². The fourth-order valence-electron chi connectivity index (χ4n) is 4.49. The molecule has 1 aliphatic carbocycles. The molecule has 160 valence electrons. The van der Waals surface area contributed by atoms with E-state index < -0.39 is 0 Å². The van der Waals surface area contributed by atoms with E-state index in [9.17, 15) is 9.18 Å². The van der Waals surface area contributed by atoms with Gasteiger partial charge in [-0.3, -0.25) is 9.69 Å². The summed E-state index contributed by atoms with van der Waals surface area (Å²) in [4.78, 5) is 20.0. The summed E-state index contributed by atoms with van der Waals surface area (Å²) in [5, 5.41) is 5.44. The highest BCUT2D eigenvalue weighted by molar-refractivity contribution is 7.16. The van der Waals surface area contributed by atoms with Gasteiger partial charge in [0.2, 0.25) is 4.96 Å². The van der Waals surface area contributed by atoms with Crippen molar-refractivity contribution in [3.63, 3.8) is 0 Å². The van der Waals surface area contributed by atoms with Crippen LogP contribution in [0.4, 0.5) is 4.39 Å². The summed E-state index contributed by atoms with van der Waals surface area (Å²) in [6.45, 7) is 7.26. The molecule has 2 heterocycles. The first-order valence-corrected chi connectivity index (χ1v) is 11.6. The zero-order valence-corrected chi connectivity index (χ0v) is 19.0. The lowest BCUT2D eigenvalue weighted by molar-refractivity contribution is 0.0668. The highest BCUT2D eigenvalue weighted by Gasteiger charge is 2.32. The van der Waals surface area contributed by atoms with Crippen molar-refractivity contribution in [1.29, 1.82) is 0 Å². The van der Waals surface area contributed by atoms with Gasteiger partial charge in [0, 0.05) is 35.8 Å². The lowest BCUT2D eigenvalue weighted by atomic mass is 9.77. The average Bonchev–Trinajstić information content (AvgIpc) is 3.07. The summed E-state index contributed by atoms with van der Waals surface area (Å²) in [7, 11) is 0. The predicted molar refractivity (Wildman–Crippen MR) is 118 cm³/mol. The van der Waals surface area contributed by atoms with Gasteiger partial charge in [0.1, 0.15) is 10.8 Å². The van der Waals surface area contributed by atoms with Gasteiger partial charge in [0.25, 0.3) is 5.56 Å². The second kappa shape index (κ2) is 8.73. The van der Waals surface area contributed by atoms with Gasteiger partial charge in [0.15, 0.2) is 0 Å². The Morgan fingerprint density at radius 3 is 2.87 bits per heavy atom. The number of benzene rings is 1. The Morgan fingerprint density at radius 2 is 2.10 bits per heavy atom. The summed E-state index contributed by atoms with van der Waals surface area (Å²) >= 11 is 7.74. The largest absolute Gasteiger partial charge is 0.290 e. The standard InChI is InChI=1S/C22H26ClFN4OS/c1-13-6-4-9-20(14(13)2)27(12-17-18(23)7-5-8-19(17)24)11-16-10-21(29)28-22(25-16)30-15(3)26-28/h5,7-8,10,13-14,20H,4,6,9,11-12H2,1-3H3/t13-,14+,20+/m0/s1. The van der Waals surface area contributed by atoms with E-state index in [0.29, 0.717) is 46.2 Å². The lowest BCUT2D eigenvalue weighted by Crippen LogP contribution is -2.43. The van der Waals surface area contributed by atoms with Gasteiger partial charge in [-0.2, -0.15) is 9.61 Å². The van der Waals surface area contributed by atoms with Crippen molar-refractivity contribution in [3.8, 4) is 0 Å². The lowest BCUT2D eigenvalue weighted by Gasteiger charge is -2.41. The molecule has 0 N–H and O–H groups in total. The first kappa shape index (κ1) is 21.4. The molecule has 0 aliphatic heterocycles. The number of hydrogen-bond acceptors (Lipinski definition) is 5. The van der Waals surface area contributed by atoms with Crippen molar-refractivity contribution in [2.45, 2.75) is 59.2 Å². The Morgan fingerprint density at radius 1 is 1.30 bits per heavy atom. The van der Waals surface area contributed by atoms with Crippen LogP contribution < -0.4 is 5.56 Å². The van der Waals surface area contributed by atoms with Crippen LogP contribution in [0.25, 0.3) is 4.96 Å². The number of aryl methyl sites for hydroxylation is 1. The first-order chi connectivity index (χ1) is 14.3. The molecule has 1 fully saturated rings. The van der Waals surface area contributed by atoms with Crippen molar-refractivity contribution in [2.75, 3.05) is 0 Å². The van der Waals surface area contributed by atoms with E-state index >= 15 is 0 Å². The predicted octanol–water partition coefficient (Wildman–Crippen LogP) is 5.08. The quantitative estimate of drug-likeness (QED) is 0.546. The molecule has 1 saturated carbocycles. The van der Waals surface area contributed by atoms with E-state index in [1.54, 1.807) is 18.2 Å². The van der Waals surface area contributed by atoms with Crippen molar-refractivity contribution < 1.29 is 4.39 Å². The smallest absolute Gasteiger partial charge is 0.275 e. The Bertz CT molecular complexity index is 1090. The third kappa shape index (κ3) is 4.29. The molecular weight excluding hydrogens is 423 g/mol. The second-order valence-electron chi connectivity index (χ2n) is 8.34. The van der Waals surface area contributed by atoms with Gasteiger partial charge in [-0.25, -0.2) is 9.37 Å². The molecule has 4 rings (SSSR count). The fraction of sp³-hybridized carbons (Fsp3) is 0.500. The molecule has 1 aromatic carbocycles. The molecule has 0 unspecified atom stereocenters. The maximum Gasteiger partial charge on any atom is 0.275 e. The normalized spacial score (nSPS) is 22.1. The molecule has 0 radical (unpaired) electrons. The van der Waals surface area contributed by atoms with Gasteiger partial charge in [-0.1, -0.05) is 55.7 Å². The Hall–Kier alpha value is -1.83. The summed E-state index contributed by atoms with van der Waals surface area (Å²) in [5.41, 5.74) is 0.992. The van der Waals surface area contributed by atoms with Crippen molar-refractivity contribution in [1.82, 2.24) is 19.5 Å². The molecule has 0 spiro atoms. The topological polar surface area (TPSA) is 50.5 Å². The zero-order valence-electron chi connectivity index (χ0n) is 17.4. The van der Waals surface area contributed by atoms with Crippen LogP contribution in [0.3, 0.4) is 0 Å². The van der Waals surface area contributed by atoms with Crippen LogP contribution >= 0.6 is 22.9 Å². The van der Waals surface area contributed by atoms with E-state index in [0.717, 1.165) is 17.8 Å². The highest BCUT2D eigenvalue weighted by Crippen LogP contribution is 2.35. The molecule has 5 nitrogen and oxygen atoms in total. The Kier molecular flexibility index (Phi) is 6.23. The molecule has 3 atom stereocenters. The summed E-state index contributed by atoms with van der Waals surface area (Å²) in [6, 6.07) is 6.61. The van der Waals surface area contributed by atoms with E-state index in [4.69, 9.17) is 11.6 Å². The molecule has 30 heavy (non-hydrogen) atoms. The van der Waals surface area contributed by atoms with Gasteiger partial charge < -0.3 is 0 Å². The summed E-state index contributed by atoms with van der Waals surface area (Å²) in [5.74, 6) is 0.748. The van der Waals surface area contributed by atoms with E-state index in [1.807, 2.05) is 6.92 Å². The second-order valence-corrected chi connectivity index (χ2v) is 9.91. The van der Waals surface area contributed by atoms with E-state index in [-0.39, 0.29) is 17.4 Å². The maximum absolute atomic E-state index is 14.6. The van der Waals surface area contributed by atoms with Crippen LogP contribution in [-0.2, 0) is 13.1 Å². The van der Waals surface area contributed by atoms with Gasteiger partial charge in [0.05, 0.1) is 5.69 Å². The minimum atomic E-state index is -0.300. The minimum absolute atomic E-state index is 0.187. The molecule has 0 saturated heterocycles. The number of nitrogens with zero attached hydrogens (tertiary/aromatic N) is 4. The van der Waals surface area contributed by atoms with Crippen LogP contribution in [0.5, 0.6) is 0 Å². The Labute approximate surface area is 184 Å². The molecule has 0 bridgehead atoms. The van der Waals surface area contributed by atoms with Gasteiger partial charge in [-0.05, 0) is 37.3 Å². The third-order valence-electron chi connectivity index (χ3n) is 6.32. The Balaban J connectivity index is 1.70. The highest BCUT2D eigenvalue weighted by atomic mass is 35.5. The molecule has 3 aromatic rings. The minimum Gasteiger partial charge on any atom is -0.290 e. The average molecular weight is 449 g/mol. The van der Waals surface area contributed by atoms with Gasteiger partial charge in [-0.15, -0.1) is 0 Å². The van der Waals surface area contributed by atoms with E-state index in [1.165, 1.54) is 28.3 Å². The van der Waals surface area contributed by atoms with Crippen LogP contribution in [0.2, 0.25) is 5.02 Å². The zero-order chi connectivity index (χ0) is 21.4. The number of halogens is 2. The van der Waals surface area contributed by atoms with Crippen molar-refractivity contribution in [3.05, 3.63) is 61.7 Å². The van der Waals surface area contributed by atoms with Crippen LogP contribution in [-0.4, -0.2) is 25.5 Å². The number of fused-ring (bicyclic) bond motifs is 1. The molecule has 0 amide bonds. The molecule has 1 aliphatic rings. The fourth-order valence-corrected chi connectivity index (χ4v) is 5.48. The van der Waals surface area contributed by atoms with Crippen LogP contribution in [0.15, 0.2) is 29.1 Å².